The highest BCUT2D eigenvalue weighted by molar-refractivity contribution is 7.99. The molecule has 2 unspecified atom stereocenters. The zero-order valence-electron chi connectivity index (χ0n) is 10.9. The van der Waals surface area contributed by atoms with Gasteiger partial charge in [0, 0.05) is 16.3 Å². The first-order valence-corrected chi connectivity index (χ1v) is 9.67. The fourth-order valence-corrected chi connectivity index (χ4v) is 5.78. The molecule has 1 aliphatic carbocycles. The molecule has 0 amide bonds. The molecule has 0 aliphatic heterocycles. The number of rotatable bonds is 4. The zero-order valence-corrected chi connectivity index (χ0v) is 14.0. The van der Waals surface area contributed by atoms with E-state index in [4.69, 9.17) is 28.9 Å². The van der Waals surface area contributed by atoms with E-state index in [2.05, 4.69) is 4.72 Å². The van der Waals surface area contributed by atoms with Gasteiger partial charge in [-0.25, -0.2) is 13.1 Å². The normalized spacial score (nSPS) is 23.1. The third-order valence-electron chi connectivity index (χ3n) is 3.37. The van der Waals surface area contributed by atoms with Crippen molar-refractivity contribution in [3.05, 3.63) is 22.2 Å². The average Bonchev–Trinajstić information content (AvgIpc) is 2.73. The van der Waals surface area contributed by atoms with Crippen molar-refractivity contribution in [1.82, 2.24) is 4.72 Å². The van der Waals surface area contributed by atoms with Gasteiger partial charge in [-0.2, -0.15) is 11.8 Å². The summed E-state index contributed by atoms with van der Waals surface area (Å²) < 4.78 is 27.7. The number of halogens is 2. The molecule has 0 heterocycles. The number of hydrogen-bond donors (Lipinski definition) is 2. The Balaban J connectivity index is 2.32. The predicted molar refractivity (Wildman–Crippen MR) is 86.1 cm³/mol. The number of thioether (sulfide) groups is 1. The van der Waals surface area contributed by atoms with Crippen LogP contribution in [0.4, 0.5) is 5.69 Å². The summed E-state index contributed by atoms with van der Waals surface area (Å²) in [6.45, 7) is 0. The standard InChI is InChI=1S/C12H16Cl2N2O2S2/c1-19-11-4-2-3-10(11)16-20(17,18)12-8(14)5-7(13)6-9(12)15/h5-6,10-11,16H,2-4,15H2,1H3. The van der Waals surface area contributed by atoms with Gasteiger partial charge in [-0.1, -0.05) is 29.6 Å². The van der Waals surface area contributed by atoms with E-state index in [1.165, 1.54) is 12.1 Å². The zero-order chi connectivity index (χ0) is 14.9. The van der Waals surface area contributed by atoms with Gasteiger partial charge in [0.05, 0.1) is 10.7 Å². The van der Waals surface area contributed by atoms with Gasteiger partial charge in [0.15, 0.2) is 0 Å². The summed E-state index contributed by atoms with van der Waals surface area (Å²) in [6.07, 6.45) is 4.84. The lowest BCUT2D eigenvalue weighted by atomic mass is 10.3. The summed E-state index contributed by atoms with van der Waals surface area (Å²) in [7, 11) is -3.74. The molecule has 0 radical (unpaired) electrons. The lowest BCUT2D eigenvalue weighted by Crippen LogP contribution is -2.38. The molecule has 1 aromatic rings. The number of benzene rings is 1. The third-order valence-corrected chi connectivity index (χ3v) is 6.77. The smallest absolute Gasteiger partial charge is 0.244 e. The van der Waals surface area contributed by atoms with E-state index >= 15 is 0 Å². The number of nitrogen functional groups attached to an aromatic ring is 1. The maximum absolute atomic E-state index is 12.5. The minimum absolute atomic E-state index is 0.0428. The molecule has 0 spiro atoms. The summed E-state index contributed by atoms with van der Waals surface area (Å²) >= 11 is 13.5. The quantitative estimate of drug-likeness (QED) is 0.814. The highest BCUT2D eigenvalue weighted by atomic mass is 35.5. The number of nitrogens with two attached hydrogens (primary N) is 1. The third kappa shape index (κ3) is 3.36. The molecule has 0 saturated heterocycles. The minimum Gasteiger partial charge on any atom is -0.398 e. The van der Waals surface area contributed by atoms with Crippen LogP contribution < -0.4 is 10.5 Å². The van der Waals surface area contributed by atoms with Gasteiger partial charge < -0.3 is 5.73 Å². The molecule has 8 heteroatoms. The van der Waals surface area contributed by atoms with Crippen LogP contribution in [0.3, 0.4) is 0 Å². The van der Waals surface area contributed by atoms with E-state index in [-0.39, 0.29) is 26.9 Å². The van der Waals surface area contributed by atoms with Gasteiger partial charge in [-0.15, -0.1) is 0 Å². The minimum atomic E-state index is -3.74. The summed E-state index contributed by atoms with van der Waals surface area (Å²) in [5.41, 5.74) is 5.82. The van der Waals surface area contributed by atoms with Crippen molar-refractivity contribution in [1.29, 1.82) is 0 Å². The van der Waals surface area contributed by atoms with Crippen molar-refractivity contribution in [2.45, 2.75) is 35.4 Å². The molecule has 1 aromatic carbocycles. The Kier molecular flexibility index (Phi) is 5.13. The molecule has 1 fully saturated rings. The largest absolute Gasteiger partial charge is 0.398 e. The SMILES string of the molecule is CSC1CCCC1NS(=O)(=O)c1c(N)cc(Cl)cc1Cl. The Morgan fingerprint density at radius 3 is 2.65 bits per heavy atom. The summed E-state index contributed by atoms with van der Waals surface area (Å²) in [5.74, 6) is 0. The van der Waals surface area contributed by atoms with Gasteiger partial charge in [0.2, 0.25) is 10.0 Å². The lowest BCUT2D eigenvalue weighted by Gasteiger charge is -2.20. The summed E-state index contributed by atoms with van der Waals surface area (Å²) in [6, 6.07) is 2.69. The van der Waals surface area contributed by atoms with Crippen LogP contribution in [0.5, 0.6) is 0 Å². The lowest BCUT2D eigenvalue weighted by molar-refractivity contribution is 0.555. The summed E-state index contributed by atoms with van der Waals surface area (Å²) in [5, 5.41) is 0.646. The summed E-state index contributed by atoms with van der Waals surface area (Å²) in [4.78, 5) is -0.0877. The van der Waals surface area contributed by atoms with E-state index < -0.39 is 10.0 Å². The van der Waals surface area contributed by atoms with Crippen molar-refractivity contribution in [3.8, 4) is 0 Å². The van der Waals surface area contributed by atoms with Crippen molar-refractivity contribution in [2.75, 3.05) is 12.0 Å². The van der Waals surface area contributed by atoms with Crippen LogP contribution in [0.25, 0.3) is 0 Å². The van der Waals surface area contributed by atoms with Crippen LogP contribution in [0, 0.1) is 0 Å². The van der Waals surface area contributed by atoms with Crippen molar-refractivity contribution >= 4 is 50.7 Å². The Labute approximate surface area is 133 Å². The molecule has 1 aliphatic rings. The Morgan fingerprint density at radius 1 is 1.35 bits per heavy atom. The van der Waals surface area contributed by atoms with E-state index in [1.807, 2.05) is 6.26 Å². The molecule has 1 saturated carbocycles. The van der Waals surface area contributed by atoms with Gasteiger partial charge in [-0.3, -0.25) is 0 Å². The number of sulfonamides is 1. The van der Waals surface area contributed by atoms with Crippen molar-refractivity contribution in [3.63, 3.8) is 0 Å². The van der Waals surface area contributed by atoms with Crippen LogP contribution in [0.2, 0.25) is 10.0 Å². The number of hydrogen-bond acceptors (Lipinski definition) is 4. The Morgan fingerprint density at radius 2 is 2.05 bits per heavy atom. The Hall–Kier alpha value is -0.140. The van der Waals surface area contributed by atoms with Gasteiger partial charge in [-0.05, 0) is 31.2 Å². The molecule has 2 rings (SSSR count). The van der Waals surface area contributed by atoms with E-state index in [9.17, 15) is 8.42 Å². The Bertz CT molecular complexity index is 584. The second kappa shape index (κ2) is 6.32. The van der Waals surface area contributed by atoms with Gasteiger partial charge >= 0.3 is 0 Å². The van der Waals surface area contributed by atoms with Crippen molar-refractivity contribution < 1.29 is 8.42 Å². The fraction of sp³-hybridized carbons (Fsp3) is 0.500. The van der Waals surface area contributed by atoms with E-state index in [1.54, 1.807) is 11.8 Å². The maximum Gasteiger partial charge on any atom is 0.244 e. The first kappa shape index (κ1) is 16.2. The molecule has 4 nitrogen and oxygen atoms in total. The highest BCUT2D eigenvalue weighted by Crippen LogP contribution is 2.34. The molecular formula is C12H16Cl2N2O2S2. The molecule has 3 N–H and O–H groups in total. The molecular weight excluding hydrogens is 339 g/mol. The van der Waals surface area contributed by atoms with E-state index in [0.717, 1.165) is 19.3 Å². The van der Waals surface area contributed by atoms with Gasteiger partial charge in [0.1, 0.15) is 4.90 Å². The molecule has 112 valence electrons. The molecule has 2 atom stereocenters. The molecule has 20 heavy (non-hydrogen) atoms. The number of nitrogens with one attached hydrogen (secondary N) is 1. The fourth-order valence-electron chi connectivity index (χ4n) is 2.46. The topological polar surface area (TPSA) is 72.2 Å². The molecule has 0 aromatic heterocycles. The second-order valence-corrected chi connectivity index (χ2v) is 8.31. The van der Waals surface area contributed by atoms with Crippen molar-refractivity contribution in [2.24, 2.45) is 0 Å². The second-order valence-electron chi connectivity index (χ2n) is 4.74. The maximum atomic E-state index is 12.5. The van der Waals surface area contributed by atoms with Crippen LogP contribution in [0.15, 0.2) is 17.0 Å². The molecule has 0 bridgehead atoms. The van der Waals surface area contributed by atoms with Crippen LogP contribution in [-0.2, 0) is 10.0 Å². The highest BCUT2D eigenvalue weighted by Gasteiger charge is 2.32. The average molecular weight is 355 g/mol. The van der Waals surface area contributed by atoms with Crippen LogP contribution in [-0.4, -0.2) is 26.0 Å². The van der Waals surface area contributed by atoms with Crippen LogP contribution >= 0.6 is 35.0 Å². The first-order valence-electron chi connectivity index (χ1n) is 6.15. The number of anilines is 1. The first-order chi connectivity index (χ1) is 9.35. The monoisotopic (exact) mass is 354 g/mol. The predicted octanol–water partition coefficient (Wildman–Crippen LogP) is 3.14. The van der Waals surface area contributed by atoms with Gasteiger partial charge in [0.25, 0.3) is 0 Å². The van der Waals surface area contributed by atoms with Crippen LogP contribution in [0.1, 0.15) is 19.3 Å². The van der Waals surface area contributed by atoms with E-state index in [0.29, 0.717) is 5.02 Å².